The van der Waals surface area contributed by atoms with Crippen LogP contribution in [0.4, 0.5) is 5.69 Å². The van der Waals surface area contributed by atoms with Gasteiger partial charge in [-0.25, -0.2) is 0 Å². The molecule has 0 unspecified atom stereocenters. The first kappa shape index (κ1) is 24.3. The van der Waals surface area contributed by atoms with Crippen molar-refractivity contribution < 1.29 is 24.2 Å². The van der Waals surface area contributed by atoms with Crippen molar-refractivity contribution in [3.05, 3.63) is 64.7 Å². The lowest BCUT2D eigenvalue weighted by atomic mass is 9.94. The summed E-state index contributed by atoms with van der Waals surface area (Å²) in [7, 11) is 3.92. The highest BCUT2D eigenvalue weighted by molar-refractivity contribution is 6.46. The van der Waals surface area contributed by atoms with Crippen LogP contribution in [-0.2, 0) is 20.7 Å². The molecule has 2 aromatic rings. The molecule has 8 nitrogen and oxygen atoms in total. The number of likely N-dealkylation sites (tertiary alicyclic amines) is 1. The van der Waals surface area contributed by atoms with Crippen molar-refractivity contribution in [2.45, 2.75) is 25.5 Å². The lowest BCUT2D eigenvalue weighted by Crippen LogP contribution is -2.42. The van der Waals surface area contributed by atoms with E-state index in [0.29, 0.717) is 31.9 Å². The van der Waals surface area contributed by atoms with Crippen molar-refractivity contribution in [3.8, 4) is 5.75 Å². The van der Waals surface area contributed by atoms with Gasteiger partial charge in [0.25, 0.3) is 11.7 Å². The number of hydrogen-bond donors (Lipinski definition) is 1. The van der Waals surface area contributed by atoms with E-state index in [4.69, 9.17) is 9.47 Å². The second-order valence-corrected chi connectivity index (χ2v) is 9.89. The van der Waals surface area contributed by atoms with Gasteiger partial charge in [-0.15, -0.1) is 0 Å². The zero-order valence-electron chi connectivity index (χ0n) is 21.1. The zero-order chi connectivity index (χ0) is 25.4. The third kappa shape index (κ3) is 4.58. The van der Waals surface area contributed by atoms with Gasteiger partial charge in [-0.3, -0.25) is 14.5 Å². The van der Waals surface area contributed by atoms with Crippen molar-refractivity contribution in [2.75, 3.05) is 58.4 Å². The van der Waals surface area contributed by atoms with Crippen LogP contribution in [0.25, 0.3) is 5.76 Å². The molecule has 0 bridgehead atoms. The average molecular weight is 492 g/mol. The van der Waals surface area contributed by atoms with Crippen LogP contribution in [0, 0.1) is 0 Å². The molecule has 0 aliphatic carbocycles. The van der Waals surface area contributed by atoms with Crippen LogP contribution in [0.1, 0.15) is 29.7 Å². The molecule has 0 saturated carbocycles. The van der Waals surface area contributed by atoms with E-state index in [9.17, 15) is 14.7 Å². The summed E-state index contributed by atoms with van der Waals surface area (Å²) >= 11 is 0. The fourth-order valence-electron chi connectivity index (χ4n) is 5.21. The number of amides is 1. The Labute approximate surface area is 211 Å². The summed E-state index contributed by atoms with van der Waals surface area (Å²) in [6, 6.07) is 12.6. The molecule has 0 spiro atoms. The van der Waals surface area contributed by atoms with E-state index in [1.165, 1.54) is 0 Å². The minimum atomic E-state index is -0.661. The number of ketones is 1. The molecule has 5 rings (SSSR count). The predicted octanol–water partition coefficient (Wildman–Crippen LogP) is 2.83. The number of carbonyl (C=O) groups excluding carboxylic acids is 2. The fourth-order valence-corrected chi connectivity index (χ4v) is 5.21. The molecule has 2 fully saturated rings. The highest BCUT2D eigenvalue weighted by Gasteiger charge is 2.46. The van der Waals surface area contributed by atoms with Gasteiger partial charge in [-0.1, -0.05) is 12.1 Å². The predicted molar refractivity (Wildman–Crippen MR) is 137 cm³/mol. The number of anilines is 1. The third-order valence-electron chi connectivity index (χ3n) is 7.20. The summed E-state index contributed by atoms with van der Waals surface area (Å²) in [5.41, 5.74) is 3.44. The van der Waals surface area contributed by atoms with E-state index in [2.05, 4.69) is 4.90 Å². The maximum Gasteiger partial charge on any atom is 0.295 e. The van der Waals surface area contributed by atoms with Crippen LogP contribution in [0.3, 0.4) is 0 Å². The first-order chi connectivity index (χ1) is 17.3. The van der Waals surface area contributed by atoms with Gasteiger partial charge in [0, 0.05) is 57.9 Å². The minimum Gasteiger partial charge on any atom is -0.507 e. The molecule has 8 heteroatoms. The summed E-state index contributed by atoms with van der Waals surface area (Å²) in [4.78, 5) is 32.5. The number of ether oxygens (including phenoxy) is 2. The zero-order valence-corrected chi connectivity index (χ0v) is 21.1. The number of benzene rings is 2. The van der Waals surface area contributed by atoms with E-state index in [1.54, 1.807) is 11.0 Å². The summed E-state index contributed by atoms with van der Waals surface area (Å²) in [6.45, 7) is 5.93. The largest absolute Gasteiger partial charge is 0.507 e. The second-order valence-electron chi connectivity index (χ2n) is 9.89. The second kappa shape index (κ2) is 9.95. The fraction of sp³-hybridized carbons (Fsp3) is 0.429. The summed E-state index contributed by atoms with van der Waals surface area (Å²) in [5.74, 6) is -0.585. The number of hydrogen-bond acceptors (Lipinski definition) is 7. The van der Waals surface area contributed by atoms with E-state index in [1.807, 2.05) is 62.3 Å². The van der Waals surface area contributed by atoms with E-state index in [-0.39, 0.29) is 17.4 Å². The molecule has 3 aliphatic rings. The lowest BCUT2D eigenvalue weighted by Gasteiger charge is -2.31. The Morgan fingerprint density at radius 3 is 2.47 bits per heavy atom. The van der Waals surface area contributed by atoms with Crippen molar-refractivity contribution in [3.63, 3.8) is 0 Å². The topological polar surface area (TPSA) is 82.5 Å². The van der Waals surface area contributed by atoms with E-state index in [0.717, 1.165) is 42.1 Å². The number of rotatable bonds is 6. The number of morpholine rings is 1. The van der Waals surface area contributed by atoms with Crippen molar-refractivity contribution in [1.29, 1.82) is 0 Å². The van der Waals surface area contributed by atoms with Gasteiger partial charge in [0.05, 0.1) is 24.8 Å². The number of aliphatic hydroxyl groups is 1. The monoisotopic (exact) mass is 491 g/mol. The Bertz CT molecular complexity index is 1180. The molecular weight excluding hydrogens is 458 g/mol. The lowest BCUT2D eigenvalue weighted by molar-refractivity contribution is -0.140. The summed E-state index contributed by atoms with van der Waals surface area (Å²) < 4.78 is 11.2. The summed E-state index contributed by atoms with van der Waals surface area (Å²) in [6.07, 6.45) is 0.804. The van der Waals surface area contributed by atoms with Crippen LogP contribution in [0.2, 0.25) is 0 Å². The Kier molecular flexibility index (Phi) is 6.73. The normalized spacial score (nSPS) is 23.6. The maximum absolute atomic E-state index is 13.4. The van der Waals surface area contributed by atoms with Gasteiger partial charge in [0.1, 0.15) is 17.6 Å². The first-order valence-corrected chi connectivity index (χ1v) is 12.5. The van der Waals surface area contributed by atoms with Gasteiger partial charge in [0.2, 0.25) is 0 Å². The number of fused-ring (bicyclic) bond motifs is 1. The van der Waals surface area contributed by atoms with Gasteiger partial charge in [-0.2, -0.15) is 0 Å². The Hall–Kier alpha value is -3.36. The maximum atomic E-state index is 13.4. The van der Waals surface area contributed by atoms with E-state index >= 15 is 0 Å². The van der Waals surface area contributed by atoms with Crippen LogP contribution >= 0.6 is 0 Å². The summed E-state index contributed by atoms with van der Waals surface area (Å²) in [5, 5.41) is 11.4. The molecule has 1 amide bonds. The number of nitrogens with zero attached hydrogens (tertiary/aromatic N) is 3. The smallest absolute Gasteiger partial charge is 0.295 e. The molecule has 1 N–H and O–H groups in total. The first-order valence-electron chi connectivity index (χ1n) is 12.5. The molecule has 0 radical (unpaired) electrons. The third-order valence-corrected chi connectivity index (χ3v) is 7.20. The molecule has 36 heavy (non-hydrogen) atoms. The average Bonchev–Trinajstić information content (AvgIpc) is 3.38. The molecule has 3 aliphatic heterocycles. The molecule has 2 atom stereocenters. The molecule has 0 aromatic heterocycles. The minimum absolute atomic E-state index is 0.0679. The molecule has 3 heterocycles. The van der Waals surface area contributed by atoms with Crippen LogP contribution in [0.5, 0.6) is 5.75 Å². The van der Waals surface area contributed by atoms with Crippen LogP contribution in [-0.4, -0.2) is 86.2 Å². The Morgan fingerprint density at radius 2 is 1.78 bits per heavy atom. The van der Waals surface area contributed by atoms with Crippen molar-refractivity contribution in [1.82, 2.24) is 9.80 Å². The molecule has 190 valence electrons. The standard InChI is InChI=1S/C28H33N3O5/c1-18-16-21-17-20(6-9-23(21)36-18)26(32)24-25(19-4-7-22(8-5-19)29(2)3)31(28(34)27(24)33)11-10-30-12-14-35-15-13-30/h4-9,17-18,25,32H,10-16H2,1-3H3/b26-24+/t18-,25-/m1/s1. The van der Waals surface area contributed by atoms with Crippen molar-refractivity contribution >= 4 is 23.1 Å². The number of Topliss-reactive ketones (excluding diaryl/α,β-unsaturated/α-hetero) is 1. The SMILES string of the molecule is C[C@@H]1Cc2cc(/C(O)=C3\C(=O)C(=O)N(CCN4CCOCC4)[C@@H]3c3ccc(N(C)C)cc3)ccc2O1. The van der Waals surface area contributed by atoms with Crippen molar-refractivity contribution in [2.24, 2.45) is 0 Å². The molecular formula is C28H33N3O5. The van der Waals surface area contributed by atoms with E-state index < -0.39 is 17.7 Å². The van der Waals surface area contributed by atoms with Gasteiger partial charge in [-0.05, 0) is 48.4 Å². The van der Waals surface area contributed by atoms with Gasteiger partial charge >= 0.3 is 0 Å². The van der Waals surface area contributed by atoms with Crippen LogP contribution in [0.15, 0.2) is 48.0 Å². The molecule has 2 aromatic carbocycles. The Balaban J connectivity index is 1.53. The molecule has 2 saturated heterocycles. The van der Waals surface area contributed by atoms with Gasteiger partial charge in [0.15, 0.2) is 0 Å². The quantitative estimate of drug-likeness (QED) is 0.378. The highest BCUT2D eigenvalue weighted by atomic mass is 16.5. The van der Waals surface area contributed by atoms with Gasteiger partial charge < -0.3 is 24.4 Å². The Morgan fingerprint density at radius 1 is 1.06 bits per heavy atom. The highest BCUT2D eigenvalue weighted by Crippen LogP contribution is 2.41. The van der Waals surface area contributed by atoms with Crippen LogP contribution < -0.4 is 9.64 Å². The number of carbonyl (C=O) groups is 2. The number of aliphatic hydroxyl groups excluding tert-OH is 1.